The first-order valence-corrected chi connectivity index (χ1v) is 7.93. The van der Waals surface area contributed by atoms with Crippen LogP contribution in [-0.2, 0) is 22.7 Å². The van der Waals surface area contributed by atoms with Gasteiger partial charge >= 0.3 is 5.97 Å². The smallest absolute Gasteiger partial charge is 0.312 e. The second-order valence-electron chi connectivity index (χ2n) is 7.15. The zero-order valence-corrected chi connectivity index (χ0v) is 14.3. The van der Waals surface area contributed by atoms with Gasteiger partial charge in [-0.05, 0) is 51.8 Å². The lowest BCUT2D eigenvalue weighted by Crippen LogP contribution is -2.30. The Morgan fingerprint density at radius 3 is 2.62 bits per heavy atom. The average molecular weight is 328 g/mol. The number of ether oxygens (including phenoxy) is 1. The van der Waals surface area contributed by atoms with E-state index < -0.39 is 5.41 Å². The number of carbonyl (C=O) groups is 2. The largest absolute Gasteiger partial charge is 0.443 e. The summed E-state index contributed by atoms with van der Waals surface area (Å²) in [5.74, 6) is 0.155. The van der Waals surface area contributed by atoms with Crippen molar-refractivity contribution in [2.24, 2.45) is 5.41 Å². The van der Waals surface area contributed by atoms with Gasteiger partial charge in [-0.25, -0.2) is 4.98 Å². The van der Waals surface area contributed by atoms with Gasteiger partial charge in [-0.1, -0.05) is 0 Å². The summed E-state index contributed by atoms with van der Waals surface area (Å²) in [4.78, 5) is 40.9. The highest BCUT2D eigenvalue weighted by atomic mass is 16.5. The van der Waals surface area contributed by atoms with Gasteiger partial charge in [0.15, 0.2) is 12.5 Å². The lowest BCUT2D eigenvalue weighted by molar-refractivity contribution is -0.157. The molecule has 1 aromatic carbocycles. The van der Waals surface area contributed by atoms with Crippen LogP contribution in [0.5, 0.6) is 0 Å². The number of hydrogen-bond acceptors (Lipinski definition) is 5. The summed E-state index contributed by atoms with van der Waals surface area (Å²) in [6.45, 7) is 6.78. The number of fused-ring (bicyclic) bond motifs is 2. The maximum Gasteiger partial charge on any atom is 0.312 e. The molecule has 0 amide bonds. The Bertz CT molecular complexity index is 919. The lowest BCUT2D eigenvalue weighted by atomic mass is 9.98. The molecule has 0 saturated carbocycles. The van der Waals surface area contributed by atoms with Gasteiger partial charge < -0.3 is 4.74 Å². The molecule has 3 rings (SSSR count). The Morgan fingerprint density at radius 2 is 1.96 bits per heavy atom. The molecule has 6 nitrogen and oxygen atoms in total. The van der Waals surface area contributed by atoms with Crippen molar-refractivity contribution in [1.82, 2.24) is 9.55 Å². The third-order valence-corrected chi connectivity index (χ3v) is 4.23. The number of esters is 1. The minimum absolute atomic E-state index is 0.0923. The van der Waals surface area contributed by atoms with Crippen LogP contribution in [0.15, 0.2) is 16.9 Å². The van der Waals surface area contributed by atoms with Gasteiger partial charge in [0.05, 0.1) is 16.3 Å². The second-order valence-corrected chi connectivity index (χ2v) is 7.15. The van der Waals surface area contributed by atoms with Crippen LogP contribution in [0.4, 0.5) is 0 Å². The van der Waals surface area contributed by atoms with Gasteiger partial charge in [0.25, 0.3) is 5.56 Å². The van der Waals surface area contributed by atoms with Crippen molar-refractivity contribution in [3.63, 3.8) is 0 Å². The number of carbonyl (C=O) groups excluding carboxylic acids is 2. The van der Waals surface area contributed by atoms with E-state index in [9.17, 15) is 14.4 Å². The van der Waals surface area contributed by atoms with E-state index in [4.69, 9.17) is 4.74 Å². The number of aromatic nitrogens is 2. The summed E-state index contributed by atoms with van der Waals surface area (Å²) >= 11 is 0. The highest BCUT2D eigenvalue weighted by Gasteiger charge is 2.24. The standard InChI is InChI=1S/C18H20N2O4/c1-10-19-14-8-12-11(5-6-15(12)21)7-13(14)16(22)20(10)9-24-17(23)18(2,3)4/h7-8H,5-6,9H2,1-4H3. The van der Waals surface area contributed by atoms with Crippen LogP contribution in [0, 0.1) is 12.3 Å². The fraction of sp³-hybridized carbons (Fsp3) is 0.444. The number of ketones is 1. The van der Waals surface area contributed by atoms with Crippen LogP contribution in [0.2, 0.25) is 0 Å². The molecular formula is C18H20N2O4. The third kappa shape index (κ3) is 2.72. The van der Waals surface area contributed by atoms with Crippen LogP contribution in [0.25, 0.3) is 10.9 Å². The zero-order valence-electron chi connectivity index (χ0n) is 14.3. The molecule has 1 heterocycles. The lowest BCUT2D eigenvalue weighted by Gasteiger charge is -2.18. The molecule has 0 fully saturated rings. The topological polar surface area (TPSA) is 78.3 Å². The maximum absolute atomic E-state index is 12.7. The molecule has 126 valence electrons. The van der Waals surface area contributed by atoms with E-state index in [-0.39, 0.29) is 24.0 Å². The Balaban J connectivity index is 2.03. The first kappa shape index (κ1) is 16.4. The van der Waals surface area contributed by atoms with Gasteiger partial charge in [-0.2, -0.15) is 0 Å². The van der Waals surface area contributed by atoms with Crippen LogP contribution < -0.4 is 5.56 Å². The summed E-state index contributed by atoms with van der Waals surface area (Å²) in [5, 5.41) is 0.445. The van der Waals surface area contributed by atoms with Gasteiger partial charge in [0.1, 0.15) is 5.82 Å². The van der Waals surface area contributed by atoms with Gasteiger partial charge in [0, 0.05) is 12.0 Å². The van der Waals surface area contributed by atoms with E-state index in [0.717, 1.165) is 5.56 Å². The van der Waals surface area contributed by atoms with Crippen molar-refractivity contribution in [1.29, 1.82) is 0 Å². The molecule has 0 radical (unpaired) electrons. The highest BCUT2D eigenvalue weighted by molar-refractivity contribution is 6.03. The number of Topliss-reactive ketones (excluding diaryl/α,β-unsaturated/α-hetero) is 1. The minimum Gasteiger partial charge on any atom is -0.443 e. The summed E-state index contributed by atoms with van der Waals surface area (Å²) in [6.07, 6.45) is 1.12. The van der Waals surface area contributed by atoms with Crippen LogP contribution >= 0.6 is 0 Å². The molecule has 1 aliphatic carbocycles. The van der Waals surface area contributed by atoms with E-state index in [1.165, 1.54) is 4.57 Å². The van der Waals surface area contributed by atoms with Crippen LogP contribution in [0.3, 0.4) is 0 Å². The van der Waals surface area contributed by atoms with Crippen molar-refractivity contribution in [2.45, 2.75) is 47.3 Å². The molecule has 6 heteroatoms. The normalized spacial score (nSPS) is 14.1. The third-order valence-electron chi connectivity index (χ3n) is 4.23. The Kier molecular flexibility index (Phi) is 3.78. The minimum atomic E-state index is -0.636. The van der Waals surface area contributed by atoms with E-state index in [1.807, 2.05) is 0 Å². The van der Waals surface area contributed by atoms with E-state index >= 15 is 0 Å². The number of hydrogen-bond donors (Lipinski definition) is 0. The maximum atomic E-state index is 12.7. The zero-order chi connectivity index (χ0) is 17.6. The monoisotopic (exact) mass is 328 g/mol. The van der Waals surface area contributed by atoms with Gasteiger partial charge in [-0.3, -0.25) is 19.0 Å². The number of nitrogens with zero attached hydrogens (tertiary/aromatic N) is 2. The summed E-state index contributed by atoms with van der Waals surface area (Å²) in [6, 6.07) is 3.44. The molecule has 0 atom stereocenters. The fourth-order valence-corrected chi connectivity index (χ4v) is 2.76. The second kappa shape index (κ2) is 5.54. The van der Waals surface area contributed by atoms with Crippen LogP contribution in [0.1, 0.15) is 48.9 Å². The van der Waals surface area contributed by atoms with E-state index in [1.54, 1.807) is 39.8 Å². The highest BCUT2D eigenvalue weighted by Crippen LogP contribution is 2.25. The van der Waals surface area contributed by atoms with E-state index in [2.05, 4.69) is 4.98 Å². The molecule has 0 bridgehead atoms. The molecule has 0 unspecified atom stereocenters. The summed E-state index contributed by atoms with van der Waals surface area (Å²) in [7, 11) is 0. The molecule has 24 heavy (non-hydrogen) atoms. The van der Waals surface area contributed by atoms with Crippen molar-refractivity contribution < 1.29 is 14.3 Å². The SMILES string of the molecule is Cc1nc2cc3c(cc2c(=O)n1COC(=O)C(C)(C)C)CCC3=O. The van der Waals surface area contributed by atoms with Crippen molar-refractivity contribution in [2.75, 3.05) is 0 Å². The summed E-state index contributed by atoms with van der Waals surface area (Å²) in [5.41, 5.74) is 1.15. The Hall–Kier alpha value is -2.50. The first-order chi connectivity index (χ1) is 11.2. The Morgan fingerprint density at radius 1 is 1.25 bits per heavy atom. The molecule has 0 spiro atoms. The first-order valence-electron chi connectivity index (χ1n) is 7.93. The molecule has 0 aliphatic heterocycles. The van der Waals surface area contributed by atoms with Gasteiger partial charge in [-0.15, -0.1) is 0 Å². The average Bonchev–Trinajstić information content (AvgIpc) is 2.85. The van der Waals surface area contributed by atoms with Crippen molar-refractivity contribution in [3.8, 4) is 0 Å². The number of aryl methyl sites for hydroxylation is 2. The van der Waals surface area contributed by atoms with Gasteiger partial charge in [0.2, 0.25) is 0 Å². The molecule has 0 N–H and O–H groups in total. The van der Waals surface area contributed by atoms with Crippen molar-refractivity contribution >= 4 is 22.7 Å². The molecule has 1 aromatic heterocycles. The van der Waals surface area contributed by atoms with Crippen molar-refractivity contribution in [3.05, 3.63) is 39.4 Å². The molecule has 2 aromatic rings. The fourth-order valence-electron chi connectivity index (χ4n) is 2.76. The molecule has 0 saturated heterocycles. The van der Waals surface area contributed by atoms with E-state index in [0.29, 0.717) is 35.1 Å². The predicted octanol–water partition coefficient (Wildman–Crippen LogP) is 2.38. The Labute approximate surface area is 139 Å². The molecular weight excluding hydrogens is 308 g/mol. The van der Waals surface area contributed by atoms with Crippen LogP contribution in [-0.4, -0.2) is 21.3 Å². The summed E-state index contributed by atoms with van der Waals surface area (Å²) < 4.78 is 6.59. The number of benzene rings is 1. The quantitative estimate of drug-likeness (QED) is 0.791. The number of rotatable bonds is 2. The molecule has 1 aliphatic rings. The predicted molar refractivity (Wildman–Crippen MR) is 88.9 cm³/mol.